The fraction of sp³-hybridized carbons (Fsp3) is 0.231. The van der Waals surface area contributed by atoms with E-state index in [0.29, 0.717) is 11.5 Å². The zero-order valence-electron chi connectivity index (χ0n) is 9.21. The van der Waals surface area contributed by atoms with Crippen LogP contribution in [0.5, 0.6) is 0 Å². The summed E-state index contributed by atoms with van der Waals surface area (Å²) in [5, 5.41) is 13.4. The smallest absolute Gasteiger partial charge is 0.339 e. The van der Waals surface area contributed by atoms with Crippen molar-refractivity contribution in [3.8, 4) is 5.69 Å². The Hall–Kier alpha value is -2.10. The molecule has 1 aliphatic rings. The van der Waals surface area contributed by atoms with Crippen molar-refractivity contribution in [3.63, 3.8) is 0 Å². The van der Waals surface area contributed by atoms with Gasteiger partial charge in [0.05, 0.1) is 17.6 Å². The number of aromatic carboxylic acids is 1. The molecule has 1 fully saturated rings. The van der Waals surface area contributed by atoms with Gasteiger partial charge in [0.25, 0.3) is 0 Å². The Morgan fingerprint density at radius 3 is 2.59 bits per heavy atom. The highest BCUT2D eigenvalue weighted by Gasteiger charge is 2.32. The molecule has 0 radical (unpaired) electrons. The summed E-state index contributed by atoms with van der Waals surface area (Å²) in [4.78, 5) is 11.1. The van der Waals surface area contributed by atoms with Crippen molar-refractivity contribution in [2.45, 2.75) is 18.8 Å². The summed E-state index contributed by atoms with van der Waals surface area (Å²) in [5.41, 5.74) is 2.09. The van der Waals surface area contributed by atoms with Gasteiger partial charge in [-0.3, -0.25) is 0 Å². The molecular formula is C13H12N2O2. The van der Waals surface area contributed by atoms with Crippen molar-refractivity contribution < 1.29 is 9.90 Å². The van der Waals surface area contributed by atoms with Crippen LogP contribution < -0.4 is 0 Å². The van der Waals surface area contributed by atoms with E-state index in [4.69, 9.17) is 5.11 Å². The monoisotopic (exact) mass is 228 g/mol. The van der Waals surface area contributed by atoms with Crippen molar-refractivity contribution in [1.29, 1.82) is 0 Å². The van der Waals surface area contributed by atoms with Gasteiger partial charge in [-0.2, -0.15) is 5.10 Å². The van der Waals surface area contributed by atoms with Gasteiger partial charge >= 0.3 is 5.97 Å². The number of hydrogen-bond acceptors (Lipinski definition) is 2. The second-order valence-electron chi connectivity index (χ2n) is 4.27. The number of carboxylic acids is 1. The van der Waals surface area contributed by atoms with Crippen LogP contribution in [-0.4, -0.2) is 20.9 Å². The van der Waals surface area contributed by atoms with Crippen LogP contribution in [0.1, 0.15) is 34.8 Å². The second-order valence-corrected chi connectivity index (χ2v) is 4.27. The number of nitrogens with zero attached hydrogens (tertiary/aromatic N) is 2. The fourth-order valence-electron chi connectivity index (χ4n) is 2.05. The quantitative estimate of drug-likeness (QED) is 0.877. The average molecular weight is 228 g/mol. The Bertz CT molecular complexity index is 556. The molecule has 4 nitrogen and oxygen atoms in total. The molecule has 2 aromatic rings. The van der Waals surface area contributed by atoms with Crippen molar-refractivity contribution in [1.82, 2.24) is 9.78 Å². The summed E-state index contributed by atoms with van der Waals surface area (Å²) >= 11 is 0. The maximum absolute atomic E-state index is 11.1. The fourth-order valence-corrected chi connectivity index (χ4v) is 2.05. The predicted octanol–water partition coefficient (Wildman–Crippen LogP) is 2.45. The van der Waals surface area contributed by atoms with E-state index in [1.165, 1.54) is 6.20 Å². The van der Waals surface area contributed by atoms with Crippen LogP contribution in [0.25, 0.3) is 5.69 Å². The summed E-state index contributed by atoms with van der Waals surface area (Å²) in [6, 6.07) is 9.65. The standard InChI is InChI=1S/C13H12N2O2/c16-13(17)11-8-14-15(12(11)9-6-7-9)10-4-2-1-3-5-10/h1-5,8-9H,6-7H2,(H,16,17). The van der Waals surface area contributed by atoms with Gasteiger partial charge in [-0.25, -0.2) is 9.48 Å². The van der Waals surface area contributed by atoms with Gasteiger partial charge in [0.15, 0.2) is 0 Å². The second kappa shape index (κ2) is 3.73. The van der Waals surface area contributed by atoms with Gasteiger partial charge in [-0.1, -0.05) is 18.2 Å². The molecule has 1 aromatic heterocycles. The van der Waals surface area contributed by atoms with Crippen LogP contribution in [-0.2, 0) is 0 Å². The first-order valence-corrected chi connectivity index (χ1v) is 5.64. The lowest BCUT2D eigenvalue weighted by Gasteiger charge is -2.07. The first-order valence-electron chi connectivity index (χ1n) is 5.64. The van der Waals surface area contributed by atoms with Crippen molar-refractivity contribution in [2.75, 3.05) is 0 Å². The van der Waals surface area contributed by atoms with Crippen molar-refractivity contribution in [2.24, 2.45) is 0 Å². The molecule has 0 unspecified atom stereocenters. The zero-order chi connectivity index (χ0) is 11.8. The van der Waals surface area contributed by atoms with Gasteiger partial charge in [0.1, 0.15) is 5.56 Å². The number of para-hydroxylation sites is 1. The minimum Gasteiger partial charge on any atom is -0.478 e. The van der Waals surface area contributed by atoms with Gasteiger partial charge in [0.2, 0.25) is 0 Å². The maximum Gasteiger partial charge on any atom is 0.339 e. The number of hydrogen-bond donors (Lipinski definition) is 1. The molecule has 4 heteroatoms. The molecule has 0 saturated heterocycles. The number of aromatic nitrogens is 2. The SMILES string of the molecule is O=C(O)c1cnn(-c2ccccc2)c1C1CC1. The predicted molar refractivity (Wildman–Crippen MR) is 62.5 cm³/mol. The molecule has 17 heavy (non-hydrogen) atoms. The Morgan fingerprint density at radius 1 is 1.29 bits per heavy atom. The number of carboxylic acid groups (broad SMARTS) is 1. The van der Waals surface area contributed by atoms with Gasteiger partial charge < -0.3 is 5.11 Å². The van der Waals surface area contributed by atoms with Crippen LogP contribution in [0.2, 0.25) is 0 Å². The molecule has 0 atom stereocenters. The van der Waals surface area contributed by atoms with E-state index in [0.717, 1.165) is 24.2 Å². The Labute approximate surface area is 98.5 Å². The average Bonchev–Trinajstić information content (AvgIpc) is 3.08. The molecule has 0 bridgehead atoms. The number of benzene rings is 1. The van der Waals surface area contributed by atoms with Crippen LogP contribution in [0, 0.1) is 0 Å². The van der Waals surface area contributed by atoms with Crippen LogP contribution >= 0.6 is 0 Å². The van der Waals surface area contributed by atoms with E-state index in [2.05, 4.69) is 5.10 Å². The van der Waals surface area contributed by atoms with Gasteiger partial charge in [0, 0.05) is 5.92 Å². The van der Waals surface area contributed by atoms with E-state index in [1.54, 1.807) is 4.68 Å². The summed E-state index contributed by atoms with van der Waals surface area (Å²) in [5.74, 6) is -0.544. The highest BCUT2D eigenvalue weighted by molar-refractivity contribution is 5.89. The third-order valence-corrected chi connectivity index (χ3v) is 3.00. The normalized spacial score (nSPS) is 14.8. The first kappa shape index (κ1) is 10.1. The maximum atomic E-state index is 11.1. The summed E-state index contributed by atoms with van der Waals surface area (Å²) in [6.45, 7) is 0. The Morgan fingerprint density at radius 2 is 2.00 bits per heavy atom. The molecule has 1 aliphatic carbocycles. The third kappa shape index (κ3) is 1.71. The lowest BCUT2D eigenvalue weighted by molar-refractivity contribution is 0.0695. The topological polar surface area (TPSA) is 55.1 Å². The Kier molecular flexibility index (Phi) is 2.21. The summed E-state index contributed by atoms with van der Waals surface area (Å²) in [7, 11) is 0. The van der Waals surface area contributed by atoms with E-state index in [-0.39, 0.29) is 0 Å². The number of carbonyl (C=O) groups is 1. The molecular weight excluding hydrogens is 216 g/mol. The van der Waals surface area contributed by atoms with Crippen molar-refractivity contribution >= 4 is 5.97 Å². The highest BCUT2D eigenvalue weighted by atomic mass is 16.4. The summed E-state index contributed by atoms with van der Waals surface area (Å²) < 4.78 is 1.75. The molecule has 1 aromatic carbocycles. The minimum atomic E-state index is -0.894. The van der Waals surface area contributed by atoms with Gasteiger partial charge in [-0.15, -0.1) is 0 Å². The zero-order valence-corrected chi connectivity index (χ0v) is 9.21. The highest BCUT2D eigenvalue weighted by Crippen LogP contribution is 2.42. The molecule has 0 aliphatic heterocycles. The van der Waals surface area contributed by atoms with E-state index >= 15 is 0 Å². The van der Waals surface area contributed by atoms with Crippen LogP contribution in [0.15, 0.2) is 36.5 Å². The molecule has 0 spiro atoms. The molecule has 0 amide bonds. The molecule has 1 N–H and O–H groups in total. The molecule has 3 rings (SSSR count). The minimum absolute atomic E-state index is 0.330. The van der Waals surface area contributed by atoms with Crippen LogP contribution in [0.3, 0.4) is 0 Å². The van der Waals surface area contributed by atoms with E-state index in [9.17, 15) is 4.79 Å². The summed E-state index contributed by atoms with van der Waals surface area (Å²) in [6.07, 6.45) is 3.56. The van der Waals surface area contributed by atoms with Gasteiger partial charge in [-0.05, 0) is 25.0 Å². The third-order valence-electron chi connectivity index (χ3n) is 3.00. The Balaban J connectivity index is 2.14. The first-order chi connectivity index (χ1) is 8.27. The molecule has 86 valence electrons. The lowest BCUT2D eigenvalue weighted by Crippen LogP contribution is -2.05. The molecule has 1 saturated carbocycles. The molecule has 1 heterocycles. The van der Waals surface area contributed by atoms with E-state index < -0.39 is 5.97 Å². The number of rotatable bonds is 3. The van der Waals surface area contributed by atoms with Crippen molar-refractivity contribution in [3.05, 3.63) is 47.8 Å². The van der Waals surface area contributed by atoms with Crippen LogP contribution in [0.4, 0.5) is 0 Å². The largest absolute Gasteiger partial charge is 0.478 e. The lowest BCUT2D eigenvalue weighted by atomic mass is 10.1. The van der Waals surface area contributed by atoms with E-state index in [1.807, 2.05) is 30.3 Å².